The van der Waals surface area contributed by atoms with Gasteiger partial charge < -0.3 is 19.5 Å². The fourth-order valence-electron chi connectivity index (χ4n) is 4.20. The molecule has 23 heavy (non-hydrogen) atoms. The average molecular weight is 319 g/mol. The van der Waals surface area contributed by atoms with E-state index in [-0.39, 0.29) is 11.5 Å². The molecule has 1 aliphatic heterocycles. The van der Waals surface area contributed by atoms with E-state index in [0.717, 1.165) is 50.6 Å². The molecule has 4 heteroatoms. The first-order valence-electron chi connectivity index (χ1n) is 8.89. The molecule has 2 fully saturated rings. The Labute approximate surface area is 139 Å². The highest BCUT2D eigenvalue weighted by atomic mass is 16.5. The summed E-state index contributed by atoms with van der Waals surface area (Å²) < 4.78 is 10.9. The van der Waals surface area contributed by atoms with Crippen molar-refractivity contribution >= 4 is 0 Å². The second-order valence-corrected chi connectivity index (χ2v) is 7.03. The molecule has 1 aromatic carbocycles. The van der Waals surface area contributed by atoms with E-state index in [1.165, 1.54) is 25.7 Å². The van der Waals surface area contributed by atoms with Crippen molar-refractivity contribution in [3.05, 3.63) is 24.3 Å². The number of piperidine rings is 1. The number of likely N-dealkylation sites (tertiary alicyclic amines) is 1. The fraction of sp³-hybridized carbons (Fsp3) is 0.684. The Morgan fingerprint density at radius 2 is 1.91 bits per heavy atom. The smallest absolute Gasteiger partial charge is 0.119 e. The Morgan fingerprint density at radius 3 is 2.61 bits per heavy atom. The Hall–Kier alpha value is -1.26. The molecule has 128 valence electrons. The molecule has 0 amide bonds. The van der Waals surface area contributed by atoms with Crippen molar-refractivity contribution in [2.24, 2.45) is 5.41 Å². The van der Waals surface area contributed by atoms with Crippen LogP contribution in [-0.2, 0) is 0 Å². The van der Waals surface area contributed by atoms with Gasteiger partial charge in [-0.05, 0) is 62.9 Å². The van der Waals surface area contributed by atoms with Gasteiger partial charge in [0.1, 0.15) is 11.5 Å². The number of hydrogen-bond donors (Lipinski definition) is 1. The van der Waals surface area contributed by atoms with Crippen molar-refractivity contribution in [3.63, 3.8) is 0 Å². The van der Waals surface area contributed by atoms with E-state index in [1.54, 1.807) is 7.11 Å². The quantitative estimate of drug-likeness (QED) is 0.818. The van der Waals surface area contributed by atoms with Crippen molar-refractivity contribution in [3.8, 4) is 11.5 Å². The number of methoxy groups -OCH3 is 1. The van der Waals surface area contributed by atoms with Crippen LogP contribution in [0.15, 0.2) is 24.3 Å². The van der Waals surface area contributed by atoms with Crippen LogP contribution in [0.2, 0.25) is 0 Å². The number of hydrogen-bond acceptors (Lipinski definition) is 4. The third-order valence-electron chi connectivity index (χ3n) is 5.49. The van der Waals surface area contributed by atoms with E-state index in [1.807, 2.05) is 24.3 Å². The first kappa shape index (κ1) is 16.6. The van der Waals surface area contributed by atoms with Gasteiger partial charge in [-0.15, -0.1) is 0 Å². The topological polar surface area (TPSA) is 41.9 Å². The van der Waals surface area contributed by atoms with E-state index in [0.29, 0.717) is 0 Å². The van der Waals surface area contributed by atoms with Crippen molar-refractivity contribution in [1.82, 2.24) is 4.90 Å². The number of ether oxygens (including phenoxy) is 2. The largest absolute Gasteiger partial charge is 0.497 e. The zero-order chi connectivity index (χ0) is 16.1. The Morgan fingerprint density at radius 1 is 1.17 bits per heavy atom. The minimum absolute atomic E-state index is 0.0825. The maximum atomic E-state index is 10.3. The maximum absolute atomic E-state index is 10.3. The van der Waals surface area contributed by atoms with Crippen LogP contribution < -0.4 is 9.47 Å². The molecule has 2 aliphatic rings. The van der Waals surface area contributed by atoms with Gasteiger partial charge in [0.15, 0.2) is 0 Å². The Kier molecular flexibility index (Phi) is 5.44. The van der Waals surface area contributed by atoms with E-state index in [9.17, 15) is 5.11 Å². The highest BCUT2D eigenvalue weighted by Gasteiger charge is 2.44. The molecule has 1 saturated carbocycles. The van der Waals surface area contributed by atoms with Gasteiger partial charge in [0.2, 0.25) is 0 Å². The summed E-state index contributed by atoms with van der Waals surface area (Å²) in [4.78, 5) is 2.52. The normalized spacial score (nSPS) is 28.2. The van der Waals surface area contributed by atoms with E-state index in [4.69, 9.17) is 9.47 Å². The summed E-state index contributed by atoms with van der Waals surface area (Å²) in [5, 5.41) is 10.3. The van der Waals surface area contributed by atoms with Gasteiger partial charge in [-0.25, -0.2) is 0 Å². The van der Waals surface area contributed by atoms with Crippen LogP contribution >= 0.6 is 0 Å². The fourth-order valence-corrected chi connectivity index (χ4v) is 4.20. The molecule has 1 spiro atoms. The first-order chi connectivity index (χ1) is 11.2. The minimum Gasteiger partial charge on any atom is -0.497 e. The molecule has 0 radical (unpaired) electrons. The van der Waals surface area contributed by atoms with Gasteiger partial charge in [-0.2, -0.15) is 0 Å². The highest BCUT2D eigenvalue weighted by Crippen LogP contribution is 2.44. The number of benzene rings is 1. The first-order valence-corrected chi connectivity index (χ1v) is 8.89. The van der Waals surface area contributed by atoms with Gasteiger partial charge in [-0.1, -0.05) is 6.42 Å². The van der Waals surface area contributed by atoms with Gasteiger partial charge >= 0.3 is 0 Å². The molecule has 0 aromatic heterocycles. The molecule has 1 saturated heterocycles. The average Bonchev–Trinajstić information content (AvgIpc) is 2.92. The highest BCUT2D eigenvalue weighted by molar-refractivity contribution is 5.31. The van der Waals surface area contributed by atoms with Crippen LogP contribution in [0.3, 0.4) is 0 Å². The maximum Gasteiger partial charge on any atom is 0.119 e. The number of nitrogens with zero attached hydrogens (tertiary/aromatic N) is 1. The van der Waals surface area contributed by atoms with Crippen molar-refractivity contribution in [1.29, 1.82) is 0 Å². The summed E-state index contributed by atoms with van der Waals surface area (Å²) in [5.41, 5.74) is 0.190. The second kappa shape index (κ2) is 7.54. The lowest BCUT2D eigenvalue weighted by Crippen LogP contribution is -2.47. The van der Waals surface area contributed by atoms with Gasteiger partial charge in [0, 0.05) is 18.5 Å². The Balaban J connectivity index is 1.40. The molecule has 1 heterocycles. The van der Waals surface area contributed by atoms with Crippen molar-refractivity contribution in [2.45, 2.75) is 44.6 Å². The molecule has 0 bridgehead atoms. The predicted octanol–water partition coefficient (Wildman–Crippen LogP) is 3.09. The van der Waals surface area contributed by atoms with E-state index in [2.05, 4.69) is 4.90 Å². The van der Waals surface area contributed by atoms with E-state index >= 15 is 0 Å². The van der Waals surface area contributed by atoms with Gasteiger partial charge in [0.05, 0.1) is 19.8 Å². The molecule has 0 unspecified atom stereocenters. The number of aliphatic hydroxyl groups is 1. The summed E-state index contributed by atoms with van der Waals surface area (Å²) in [7, 11) is 1.67. The number of aliphatic hydroxyl groups excluding tert-OH is 1. The number of rotatable bonds is 6. The lowest BCUT2D eigenvalue weighted by molar-refractivity contribution is -0.0104. The van der Waals surface area contributed by atoms with E-state index < -0.39 is 0 Å². The summed E-state index contributed by atoms with van der Waals surface area (Å²) in [6, 6.07) is 7.74. The third kappa shape index (κ3) is 3.99. The summed E-state index contributed by atoms with van der Waals surface area (Å²) in [5.74, 6) is 1.75. The molecular weight excluding hydrogens is 290 g/mol. The SMILES string of the molecule is COc1ccc(OCCCN2CCC[C@@]3(CCC[C@H]3O)C2)cc1. The van der Waals surface area contributed by atoms with Crippen LogP contribution in [-0.4, -0.2) is 49.5 Å². The Bertz CT molecular complexity index is 490. The zero-order valence-electron chi connectivity index (χ0n) is 14.2. The van der Waals surface area contributed by atoms with Crippen LogP contribution in [0.5, 0.6) is 11.5 Å². The second-order valence-electron chi connectivity index (χ2n) is 7.03. The zero-order valence-corrected chi connectivity index (χ0v) is 14.2. The van der Waals surface area contributed by atoms with Gasteiger partial charge in [-0.3, -0.25) is 0 Å². The van der Waals surface area contributed by atoms with Crippen molar-refractivity contribution < 1.29 is 14.6 Å². The molecule has 1 aliphatic carbocycles. The molecule has 1 aromatic rings. The van der Waals surface area contributed by atoms with Crippen LogP contribution in [0, 0.1) is 5.41 Å². The van der Waals surface area contributed by atoms with Crippen LogP contribution in [0.25, 0.3) is 0 Å². The third-order valence-corrected chi connectivity index (χ3v) is 5.49. The summed E-state index contributed by atoms with van der Waals surface area (Å²) >= 11 is 0. The lowest BCUT2D eigenvalue weighted by Gasteiger charge is -2.42. The summed E-state index contributed by atoms with van der Waals surface area (Å²) in [6.45, 7) is 4.02. The molecular formula is C19H29NO3. The molecule has 4 nitrogen and oxygen atoms in total. The van der Waals surface area contributed by atoms with Crippen LogP contribution in [0.1, 0.15) is 38.5 Å². The van der Waals surface area contributed by atoms with Crippen molar-refractivity contribution in [2.75, 3.05) is 33.4 Å². The minimum atomic E-state index is -0.0825. The summed E-state index contributed by atoms with van der Waals surface area (Å²) in [6.07, 6.45) is 6.75. The predicted molar refractivity (Wildman–Crippen MR) is 91.1 cm³/mol. The standard InChI is InChI=1S/C19H29NO3/c1-22-16-6-8-17(9-7-16)23-14-4-13-20-12-3-11-19(15-20)10-2-5-18(19)21/h6-9,18,21H,2-5,10-15H2,1H3/t18-,19+/m1/s1. The molecule has 2 atom stereocenters. The lowest BCUT2D eigenvalue weighted by atomic mass is 9.76. The molecule has 3 rings (SSSR count). The van der Waals surface area contributed by atoms with Gasteiger partial charge in [0.25, 0.3) is 0 Å². The monoisotopic (exact) mass is 319 g/mol. The van der Waals surface area contributed by atoms with Crippen LogP contribution in [0.4, 0.5) is 0 Å². The molecule has 1 N–H and O–H groups in total.